The van der Waals surface area contributed by atoms with E-state index in [2.05, 4.69) is 15.6 Å². The van der Waals surface area contributed by atoms with E-state index in [1.165, 1.54) is 24.3 Å². The molecule has 7 heteroatoms. The molecule has 0 radical (unpaired) electrons. The van der Waals surface area contributed by atoms with Crippen molar-refractivity contribution in [3.05, 3.63) is 34.4 Å². The van der Waals surface area contributed by atoms with Gasteiger partial charge in [-0.25, -0.2) is 0 Å². The number of carbonyl (C=O) groups is 1. The molecule has 1 heterocycles. The Bertz CT molecular complexity index is 496. The number of amides is 1. The molecule has 1 aliphatic heterocycles. The zero-order valence-electron chi connectivity index (χ0n) is 9.55. The quantitative estimate of drug-likeness (QED) is 0.614. The smallest absolute Gasteiger partial charge is 0.290 e. The van der Waals surface area contributed by atoms with E-state index in [0.717, 1.165) is 13.0 Å². The number of nitrogens with zero attached hydrogens (tertiary/aromatic N) is 2. The summed E-state index contributed by atoms with van der Waals surface area (Å²) in [5, 5.41) is 16.0. The van der Waals surface area contributed by atoms with Gasteiger partial charge in [-0.1, -0.05) is 0 Å². The molecule has 0 unspecified atom stereocenters. The molecule has 1 aromatic carbocycles. The van der Waals surface area contributed by atoms with Gasteiger partial charge in [-0.3, -0.25) is 19.9 Å². The summed E-state index contributed by atoms with van der Waals surface area (Å²) in [7, 11) is 0. The molecule has 18 heavy (non-hydrogen) atoms. The Morgan fingerprint density at radius 1 is 1.39 bits per heavy atom. The Balaban J connectivity index is 2.02. The molecule has 0 spiro atoms. The highest BCUT2D eigenvalue weighted by molar-refractivity contribution is 6.42. The maximum Gasteiger partial charge on any atom is 0.290 e. The van der Waals surface area contributed by atoms with Crippen LogP contribution >= 0.6 is 0 Å². The number of benzene rings is 1. The van der Waals surface area contributed by atoms with Crippen molar-refractivity contribution in [2.24, 2.45) is 4.99 Å². The summed E-state index contributed by atoms with van der Waals surface area (Å²) in [5.41, 5.74) is 0.488. The minimum atomic E-state index is -0.488. The van der Waals surface area contributed by atoms with Crippen molar-refractivity contribution < 1.29 is 9.72 Å². The summed E-state index contributed by atoms with van der Waals surface area (Å²) in [5.74, 6) is -0.0249. The van der Waals surface area contributed by atoms with E-state index < -0.39 is 4.92 Å². The van der Waals surface area contributed by atoms with Gasteiger partial charge in [0.05, 0.1) is 4.92 Å². The second kappa shape index (κ2) is 5.26. The third-order valence-corrected chi connectivity index (χ3v) is 2.45. The fourth-order valence-electron chi connectivity index (χ4n) is 1.54. The van der Waals surface area contributed by atoms with Crippen molar-refractivity contribution in [3.63, 3.8) is 0 Å². The number of hydrogen-bond acceptors (Lipinski definition) is 5. The van der Waals surface area contributed by atoms with E-state index >= 15 is 0 Å². The molecule has 0 atom stereocenters. The largest absolute Gasteiger partial charge is 0.366 e. The number of amidine groups is 1. The summed E-state index contributed by atoms with van der Waals surface area (Å²) in [6.45, 7) is 1.36. The molecule has 1 aliphatic rings. The van der Waals surface area contributed by atoms with Gasteiger partial charge in [-0.05, 0) is 18.6 Å². The standard InChI is InChI=1S/C11H12N4O3/c16-11(10-12-6-1-7-13-10)14-8-2-4-9(5-3-8)15(17)18/h2-5H,1,6-7H2,(H,12,13)(H,14,16). The number of rotatable bonds is 3. The second-order valence-electron chi connectivity index (χ2n) is 3.77. The Kier molecular flexibility index (Phi) is 3.52. The molecule has 0 aromatic heterocycles. The highest BCUT2D eigenvalue weighted by Crippen LogP contribution is 2.15. The van der Waals surface area contributed by atoms with Gasteiger partial charge in [0.15, 0.2) is 5.84 Å². The topological polar surface area (TPSA) is 96.6 Å². The van der Waals surface area contributed by atoms with E-state index in [1.54, 1.807) is 0 Å². The lowest BCUT2D eigenvalue weighted by atomic mass is 10.2. The van der Waals surface area contributed by atoms with E-state index in [0.29, 0.717) is 18.1 Å². The first-order chi connectivity index (χ1) is 8.66. The number of hydrogen-bond donors (Lipinski definition) is 2. The molecule has 0 fully saturated rings. The molecule has 2 N–H and O–H groups in total. The van der Waals surface area contributed by atoms with Gasteiger partial charge in [0.1, 0.15) is 0 Å². The lowest BCUT2D eigenvalue weighted by molar-refractivity contribution is -0.384. The van der Waals surface area contributed by atoms with Crippen LogP contribution in [0.2, 0.25) is 0 Å². The highest BCUT2D eigenvalue weighted by Gasteiger charge is 2.14. The summed E-state index contributed by atoms with van der Waals surface area (Å²) in [4.78, 5) is 25.8. The predicted octanol–water partition coefficient (Wildman–Crippen LogP) is 0.925. The van der Waals surface area contributed by atoms with Gasteiger partial charge in [-0.15, -0.1) is 0 Å². The SMILES string of the molecule is O=C(Nc1ccc([N+](=O)[O-])cc1)C1=NCCCN1. The zero-order chi connectivity index (χ0) is 13.0. The van der Waals surface area contributed by atoms with Crippen LogP contribution < -0.4 is 10.6 Å². The van der Waals surface area contributed by atoms with Crippen LogP contribution in [-0.2, 0) is 4.79 Å². The lowest BCUT2D eigenvalue weighted by Gasteiger charge is -2.13. The van der Waals surface area contributed by atoms with Gasteiger partial charge in [0, 0.05) is 30.9 Å². The van der Waals surface area contributed by atoms with Gasteiger partial charge >= 0.3 is 0 Å². The molecule has 0 saturated carbocycles. The first kappa shape index (κ1) is 12.0. The number of nitro groups is 1. The van der Waals surface area contributed by atoms with Crippen molar-refractivity contribution in [3.8, 4) is 0 Å². The van der Waals surface area contributed by atoms with Crippen molar-refractivity contribution >= 4 is 23.1 Å². The third-order valence-electron chi connectivity index (χ3n) is 2.45. The van der Waals surface area contributed by atoms with Crippen LogP contribution in [0, 0.1) is 10.1 Å². The lowest BCUT2D eigenvalue weighted by Crippen LogP contribution is -2.39. The van der Waals surface area contributed by atoms with E-state index in [4.69, 9.17) is 0 Å². The van der Waals surface area contributed by atoms with E-state index in [-0.39, 0.29) is 11.6 Å². The molecule has 1 amide bonds. The monoisotopic (exact) mass is 248 g/mol. The maximum atomic E-state index is 11.7. The summed E-state index contributed by atoms with van der Waals surface area (Å²) >= 11 is 0. The number of aliphatic imine (C=N–C) groups is 1. The molecule has 1 aromatic rings. The van der Waals surface area contributed by atoms with Crippen LogP contribution in [-0.4, -0.2) is 29.8 Å². The minimum absolute atomic E-state index is 0.0128. The molecular formula is C11H12N4O3. The molecule has 2 rings (SSSR count). The number of anilines is 1. The molecular weight excluding hydrogens is 236 g/mol. The number of nitro benzene ring substituents is 1. The Labute approximate surface area is 103 Å². The Hall–Kier alpha value is -2.44. The van der Waals surface area contributed by atoms with Gasteiger partial charge < -0.3 is 10.6 Å². The minimum Gasteiger partial charge on any atom is -0.366 e. The van der Waals surface area contributed by atoms with Crippen molar-refractivity contribution in [1.29, 1.82) is 0 Å². The Morgan fingerprint density at radius 2 is 2.11 bits per heavy atom. The van der Waals surface area contributed by atoms with Crippen LogP contribution in [0.15, 0.2) is 29.3 Å². The average Bonchev–Trinajstić information content (AvgIpc) is 2.40. The molecule has 94 valence electrons. The van der Waals surface area contributed by atoms with Crippen molar-refractivity contribution in [2.45, 2.75) is 6.42 Å². The molecule has 0 bridgehead atoms. The average molecular weight is 248 g/mol. The highest BCUT2D eigenvalue weighted by atomic mass is 16.6. The summed E-state index contributed by atoms with van der Waals surface area (Å²) in [6, 6.07) is 5.65. The van der Waals surface area contributed by atoms with Crippen LogP contribution in [0.4, 0.5) is 11.4 Å². The zero-order valence-corrected chi connectivity index (χ0v) is 9.55. The predicted molar refractivity (Wildman–Crippen MR) is 66.6 cm³/mol. The number of non-ortho nitro benzene ring substituents is 1. The van der Waals surface area contributed by atoms with Crippen LogP contribution in [0.1, 0.15) is 6.42 Å². The third kappa shape index (κ3) is 2.82. The number of carbonyl (C=O) groups excluding carboxylic acids is 1. The molecule has 0 saturated heterocycles. The molecule has 0 aliphatic carbocycles. The van der Waals surface area contributed by atoms with Gasteiger partial charge in [0.25, 0.3) is 11.6 Å². The van der Waals surface area contributed by atoms with Crippen molar-refractivity contribution in [2.75, 3.05) is 18.4 Å². The van der Waals surface area contributed by atoms with E-state index in [1.807, 2.05) is 0 Å². The normalized spacial score (nSPS) is 14.3. The first-order valence-corrected chi connectivity index (χ1v) is 5.51. The second-order valence-corrected chi connectivity index (χ2v) is 3.77. The van der Waals surface area contributed by atoms with Crippen LogP contribution in [0.3, 0.4) is 0 Å². The summed E-state index contributed by atoms with van der Waals surface area (Å²) < 4.78 is 0. The van der Waals surface area contributed by atoms with E-state index in [9.17, 15) is 14.9 Å². The fourth-order valence-corrected chi connectivity index (χ4v) is 1.54. The molecule has 7 nitrogen and oxygen atoms in total. The number of nitrogens with one attached hydrogen (secondary N) is 2. The fraction of sp³-hybridized carbons (Fsp3) is 0.273. The van der Waals surface area contributed by atoms with Gasteiger partial charge in [0.2, 0.25) is 0 Å². The van der Waals surface area contributed by atoms with Crippen molar-refractivity contribution in [1.82, 2.24) is 5.32 Å². The Morgan fingerprint density at radius 3 is 2.67 bits per heavy atom. The summed E-state index contributed by atoms with van der Waals surface area (Å²) in [6.07, 6.45) is 0.911. The first-order valence-electron chi connectivity index (χ1n) is 5.51. The van der Waals surface area contributed by atoms with Gasteiger partial charge in [-0.2, -0.15) is 0 Å². The maximum absolute atomic E-state index is 11.7. The van der Waals surface area contributed by atoms with Crippen LogP contribution in [0.25, 0.3) is 0 Å². The van der Waals surface area contributed by atoms with Crippen LogP contribution in [0.5, 0.6) is 0 Å².